The van der Waals surface area contributed by atoms with Gasteiger partial charge in [0.05, 0.1) is 12.1 Å². The van der Waals surface area contributed by atoms with Crippen LogP contribution in [0.15, 0.2) is 53.1 Å². The normalized spacial score (nSPS) is 10.9. The first-order valence-electron chi connectivity index (χ1n) is 7.85. The smallest absolute Gasteiger partial charge is 0.387 e. The molecular weight excluding hydrogens is 479 g/mol. The number of amides is 1. The highest BCUT2D eigenvalue weighted by molar-refractivity contribution is 9.10. The maximum atomic E-state index is 12.6. The van der Waals surface area contributed by atoms with Crippen LogP contribution in [0.3, 0.4) is 0 Å². The number of carbonyl (C=O) groups excluding carboxylic acids is 1. The van der Waals surface area contributed by atoms with Gasteiger partial charge < -0.3 is 10.1 Å². The van der Waals surface area contributed by atoms with Crippen LogP contribution in [0.25, 0.3) is 0 Å². The molecule has 0 spiro atoms. The SMILES string of the molecule is O=C(Nc1ccn(Cc2c(Cl)cccc2Cl)n1)c1cc(Br)ccc1OC(F)F. The maximum absolute atomic E-state index is 12.6. The van der Waals surface area contributed by atoms with E-state index in [4.69, 9.17) is 23.2 Å². The lowest BCUT2D eigenvalue weighted by atomic mass is 10.2. The first-order chi connectivity index (χ1) is 13.3. The maximum Gasteiger partial charge on any atom is 0.387 e. The number of benzene rings is 2. The first kappa shape index (κ1) is 20.6. The summed E-state index contributed by atoms with van der Waals surface area (Å²) in [5.74, 6) is -0.646. The highest BCUT2D eigenvalue weighted by Gasteiger charge is 2.17. The summed E-state index contributed by atoms with van der Waals surface area (Å²) in [6, 6.07) is 10.9. The van der Waals surface area contributed by atoms with E-state index >= 15 is 0 Å². The molecule has 28 heavy (non-hydrogen) atoms. The predicted octanol–water partition coefficient (Wildman–Crippen LogP) is 5.85. The third-order valence-corrected chi connectivity index (χ3v) is 4.87. The zero-order chi connectivity index (χ0) is 20.3. The van der Waals surface area contributed by atoms with Gasteiger partial charge >= 0.3 is 6.61 Å². The molecule has 0 aliphatic carbocycles. The summed E-state index contributed by atoms with van der Waals surface area (Å²) in [5.41, 5.74) is 0.629. The molecule has 0 aliphatic rings. The second-order valence-corrected chi connectivity index (χ2v) is 7.30. The Balaban J connectivity index is 1.77. The summed E-state index contributed by atoms with van der Waals surface area (Å²) in [5, 5.41) is 7.78. The van der Waals surface area contributed by atoms with Gasteiger partial charge in [0.25, 0.3) is 5.91 Å². The summed E-state index contributed by atoms with van der Waals surface area (Å²) in [6.45, 7) is -2.75. The third kappa shape index (κ3) is 5.01. The minimum atomic E-state index is -3.05. The number of nitrogens with one attached hydrogen (secondary N) is 1. The van der Waals surface area contributed by atoms with E-state index in [1.807, 2.05) is 0 Å². The summed E-state index contributed by atoms with van der Waals surface area (Å²) in [7, 11) is 0. The Kier molecular flexibility index (Phi) is 6.53. The van der Waals surface area contributed by atoms with Gasteiger partial charge in [-0.3, -0.25) is 9.48 Å². The van der Waals surface area contributed by atoms with Gasteiger partial charge in [-0.15, -0.1) is 0 Å². The van der Waals surface area contributed by atoms with E-state index in [-0.39, 0.29) is 17.1 Å². The van der Waals surface area contributed by atoms with E-state index in [1.165, 1.54) is 18.2 Å². The van der Waals surface area contributed by atoms with Crippen molar-refractivity contribution in [3.63, 3.8) is 0 Å². The van der Waals surface area contributed by atoms with Gasteiger partial charge in [0.1, 0.15) is 5.75 Å². The van der Waals surface area contributed by atoms with Gasteiger partial charge in [-0.05, 0) is 30.3 Å². The standard InChI is InChI=1S/C18H12BrCl2F2N3O2/c19-10-4-5-15(28-18(22)23)11(8-10)17(27)24-16-6-7-26(25-16)9-12-13(20)2-1-3-14(12)21/h1-8,18H,9H2,(H,24,25,27). The van der Waals surface area contributed by atoms with Crippen molar-refractivity contribution in [2.24, 2.45) is 0 Å². The van der Waals surface area contributed by atoms with Crippen molar-refractivity contribution >= 4 is 50.9 Å². The van der Waals surface area contributed by atoms with Crippen LogP contribution in [0.1, 0.15) is 15.9 Å². The van der Waals surface area contributed by atoms with Crippen molar-refractivity contribution in [3.8, 4) is 5.75 Å². The molecule has 1 aromatic heterocycles. The Hall–Kier alpha value is -2.16. The average molecular weight is 491 g/mol. The molecule has 0 saturated heterocycles. The molecule has 146 valence electrons. The molecule has 0 fully saturated rings. The molecule has 1 amide bonds. The lowest BCUT2D eigenvalue weighted by Gasteiger charge is -2.10. The fourth-order valence-corrected chi connectivity index (χ4v) is 3.30. The summed E-state index contributed by atoms with van der Waals surface area (Å²) in [4.78, 5) is 12.5. The molecule has 0 bridgehead atoms. The van der Waals surface area contributed by atoms with E-state index < -0.39 is 12.5 Å². The molecule has 3 rings (SSSR count). The Labute approximate surface area is 177 Å². The van der Waals surface area contributed by atoms with Crippen LogP contribution < -0.4 is 10.1 Å². The third-order valence-electron chi connectivity index (χ3n) is 3.67. The van der Waals surface area contributed by atoms with E-state index in [1.54, 1.807) is 35.1 Å². The van der Waals surface area contributed by atoms with Crippen LogP contribution in [-0.4, -0.2) is 22.3 Å². The van der Waals surface area contributed by atoms with Crippen molar-refractivity contribution in [1.82, 2.24) is 9.78 Å². The summed E-state index contributed by atoms with van der Waals surface area (Å²) < 4.78 is 31.6. The monoisotopic (exact) mass is 489 g/mol. The fraction of sp³-hybridized carbons (Fsp3) is 0.111. The number of carbonyl (C=O) groups is 1. The molecule has 0 radical (unpaired) electrons. The van der Waals surface area contributed by atoms with Crippen LogP contribution in [-0.2, 0) is 6.54 Å². The first-order valence-corrected chi connectivity index (χ1v) is 9.40. The lowest BCUT2D eigenvalue weighted by molar-refractivity contribution is -0.0501. The molecule has 0 atom stereocenters. The Morgan fingerprint density at radius 1 is 1.21 bits per heavy atom. The molecule has 0 saturated carbocycles. The van der Waals surface area contributed by atoms with E-state index in [0.717, 1.165) is 0 Å². The number of rotatable bonds is 6. The number of hydrogen-bond donors (Lipinski definition) is 1. The molecule has 5 nitrogen and oxygen atoms in total. The van der Waals surface area contributed by atoms with Crippen LogP contribution in [0.5, 0.6) is 5.75 Å². The predicted molar refractivity (Wildman–Crippen MR) is 107 cm³/mol. The van der Waals surface area contributed by atoms with Crippen molar-refractivity contribution in [3.05, 3.63) is 74.3 Å². The molecular formula is C18H12BrCl2F2N3O2. The Morgan fingerprint density at radius 3 is 2.61 bits per heavy atom. The number of anilines is 1. The highest BCUT2D eigenvalue weighted by Crippen LogP contribution is 2.27. The van der Waals surface area contributed by atoms with Crippen molar-refractivity contribution in [2.45, 2.75) is 13.2 Å². The Morgan fingerprint density at radius 2 is 1.93 bits per heavy atom. The molecule has 0 unspecified atom stereocenters. The van der Waals surface area contributed by atoms with Gasteiger partial charge in [-0.25, -0.2) is 0 Å². The zero-order valence-electron chi connectivity index (χ0n) is 14.0. The summed E-state index contributed by atoms with van der Waals surface area (Å²) in [6.07, 6.45) is 1.63. The number of hydrogen-bond acceptors (Lipinski definition) is 3. The quantitative estimate of drug-likeness (QED) is 0.471. The van der Waals surface area contributed by atoms with Gasteiger partial charge in [-0.1, -0.05) is 45.2 Å². The molecule has 1 heterocycles. The van der Waals surface area contributed by atoms with Gasteiger partial charge in [-0.2, -0.15) is 13.9 Å². The van der Waals surface area contributed by atoms with Crippen LogP contribution >= 0.6 is 39.1 Å². The van der Waals surface area contributed by atoms with Crippen molar-refractivity contribution in [1.29, 1.82) is 0 Å². The number of nitrogens with zero attached hydrogens (tertiary/aromatic N) is 2. The topological polar surface area (TPSA) is 56.2 Å². The van der Waals surface area contributed by atoms with E-state index in [2.05, 4.69) is 31.1 Å². The van der Waals surface area contributed by atoms with Crippen molar-refractivity contribution in [2.75, 3.05) is 5.32 Å². The van der Waals surface area contributed by atoms with Crippen LogP contribution in [0.2, 0.25) is 10.0 Å². The number of halogens is 5. The molecule has 2 aromatic carbocycles. The second-order valence-electron chi connectivity index (χ2n) is 5.57. The minimum absolute atomic E-state index is 0.0571. The number of aromatic nitrogens is 2. The average Bonchev–Trinajstić information content (AvgIpc) is 3.06. The molecule has 0 aliphatic heterocycles. The number of alkyl halides is 2. The van der Waals surface area contributed by atoms with Gasteiger partial charge in [0.15, 0.2) is 5.82 Å². The molecule has 3 aromatic rings. The largest absolute Gasteiger partial charge is 0.434 e. The van der Waals surface area contributed by atoms with Gasteiger partial charge in [0.2, 0.25) is 0 Å². The minimum Gasteiger partial charge on any atom is -0.434 e. The number of ether oxygens (including phenoxy) is 1. The molecule has 10 heteroatoms. The van der Waals surface area contributed by atoms with Gasteiger partial charge in [0, 0.05) is 32.3 Å². The second kappa shape index (κ2) is 8.89. The van der Waals surface area contributed by atoms with E-state index in [9.17, 15) is 13.6 Å². The molecule has 1 N–H and O–H groups in total. The Bertz CT molecular complexity index is 994. The highest BCUT2D eigenvalue weighted by atomic mass is 79.9. The van der Waals surface area contributed by atoms with Crippen molar-refractivity contribution < 1.29 is 18.3 Å². The van der Waals surface area contributed by atoms with Crippen LogP contribution in [0.4, 0.5) is 14.6 Å². The fourth-order valence-electron chi connectivity index (χ4n) is 2.42. The lowest BCUT2D eigenvalue weighted by Crippen LogP contribution is -2.15. The summed E-state index contributed by atoms with van der Waals surface area (Å²) >= 11 is 15.5. The zero-order valence-corrected chi connectivity index (χ0v) is 17.1. The van der Waals surface area contributed by atoms with E-state index in [0.29, 0.717) is 26.6 Å². The van der Waals surface area contributed by atoms with Crippen LogP contribution in [0, 0.1) is 0 Å².